The molecule has 0 fully saturated rings. The average Bonchev–Trinajstić information content (AvgIpc) is 2.89. The first kappa shape index (κ1) is 26.9. The smallest absolute Gasteiger partial charge is 0.205 e. The van der Waals surface area contributed by atoms with E-state index in [2.05, 4.69) is 13.2 Å². The zero-order valence-corrected chi connectivity index (χ0v) is 18.2. The van der Waals surface area contributed by atoms with Crippen molar-refractivity contribution in [3.05, 3.63) is 107 Å². The molecule has 0 bridgehead atoms. The lowest BCUT2D eigenvalue weighted by Gasteiger charge is -2.15. The topological polar surface area (TPSA) is 9.23 Å². The Morgan fingerprint density at radius 2 is 1.50 bits per heavy atom. The highest BCUT2D eigenvalue weighted by Crippen LogP contribution is 2.44. The second-order valence-corrected chi connectivity index (χ2v) is 7.06. The molecule has 0 heterocycles. The van der Waals surface area contributed by atoms with Crippen LogP contribution >= 0.6 is 0 Å². The summed E-state index contributed by atoms with van der Waals surface area (Å²) in [6.07, 6.45) is 6.47. The Kier molecular flexibility index (Phi) is 8.84. The largest absolute Gasteiger partial charge is 0.452 e. The van der Waals surface area contributed by atoms with Crippen molar-refractivity contribution in [2.24, 2.45) is 5.92 Å². The first-order valence-corrected chi connectivity index (χ1v) is 10.1. The lowest BCUT2D eigenvalue weighted by Crippen LogP contribution is -2.09. The minimum Gasteiger partial charge on any atom is -0.452 e. The van der Waals surface area contributed by atoms with Crippen molar-refractivity contribution in [2.45, 2.75) is 26.7 Å². The van der Waals surface area contributed by atoms with Gasteiger partial charge in [0.15, 0.2) is 29.1 Å². The van der Waals surface area contributed by atoms with Crippen LogP contribution in [0.2, 0.25) is 0 Å². The molecule has 34 heavy (non-hydrogen) atoms. The molecule has 0 radical (unpaired) electrons. The van der Waals surface area contributed by atoms with Gasteiger partial charge in [-0.1, -0.05) is 45.2 Å². The van der Waals surface area contributed by atoms with E-state index in [1.165, 1.54) is 19.1 Å². The molecule has 2 rings (SSSR count). The predicted molar refractivity (Wildman–Crippen MR) is 114 cm³/mol. The highest BCUT2D eigenvalue weighted by Gasteiger charge is 2.36. The molecule has 1 aromatic rings. The predicted octanol–water partition coefficient (Wildman–Crippen LogP) is 8.94. The molecule has 1 aliphatic rings. The maximum Gasteiger partial charge on any atom is 0.205 e. The number of halogens is 8. The van der Waals surface area contributed by atoms with Gasteiger partial charge in [-0.2, -0.15) is 8.78 Å². The van der Waals surface area contributed by atoms with Gasteiger partial charge in [0.2, 0.25) is 17.4 Å². The van der Waals surface area contributed by atoms with Crippen molar-refractivity contribution in [3.63, 3.8) is 0 Å². The molecule has 0 N–H and O–H groups in total. The molecule has 0 spiro atoms. The van der Waals surface area contributed by atoms with Crippen LogP contribution in [0.5, 0.6) is 5.75 Å². The minimum absolute atomic E-state index is 0.232. The Balaban J connectivity index is 2.63. The van der Waals surface area contributed by atoms with Gasteiger partial charge < -0.3 is 4.74 Å². The lowest BCUT2D eigenvalue weighted by atomic mass is 9.99. The molecule has 1 unspecified atom stereocenters. The molecule has 9 heteroatoms. The van der Waals surface area contributed by atoms with Gasteiger partial charge in [0.05, 0.1) is 11.1 Å². The summed E-state index contributed by atoms with van der Waals surface area (Å²) in [5.41, 5.74) is -3.31. The van der Waals surface area contributed by atoms with Crippen LogP contribution in [0.3, 0.4) is 0 Å². The van der Waals surface area contributed by atoms with Crippen LogP contribution < -0.4 is 4.74 Å². The molecule has 182 valence electrons. The third-order valence-electron chi connectivity index (χ3n) is 4.81. The summed E-state index contributed by atoms with van der Waals surface area (Å²) >= 11 is 0. The first-order valence-electron chi connectivity index (χ1n) is 10.1. The fourth-order valence-corrected chi connectivity index (χ4v) is 3.07. The van der Waals surface area contributed by atoms with E-state index in [1.807, 2.05) is 6.92 Å². The second kappa shape index (κ2) is 11.2. The van der Waals surface area contributed by atoms with Crippen molar-refractivity contribution >= 4 is 5.57 Å². The van der Waals surface area contributed by atoms with Gasteiger partial charge in [-0.05, 0) is 30.6 Å². The Labute approximate surface area is 191 Å². The summed E-state index contributed by atoms with van der Waals surface area (Å²) in [5.74, 6) is -20.7. The van der Waals surface area contributed by atoms with E-state index in [0.717, 1.165) is 6.08 Å². The van der Waals surface area contributed by atoms with Crippen LogP contribution in [0.15, 0.2) is 78.2 Å². The molecule has 0 aliphatic heterocycles. The van der Waals surface area contributed by atoms with E-state index >= 15 is 0 Å². The van der Waals surface area contributed by atoms with E-state index < -0.39 is 75.1 Å². The molecular formula is C25H20F8O. The Bertz CT molecular complexity index is 1140. The summed E-state index contributed by atoms with van der Waals surface area (Å²) < 4.78 is 121. The minimum atomic E-state index is -2.32. The van der Waals surface area contributed by atoms with Crippen LogP contribution in [0, 0.1) is 29.2 Å². The number of hydrogen-bond acceptors (Lipinski definition) is 1. The number of benzene rings is 1. The normalized spacial score (nSPS) is 17.3. The second-order valence-electron chi connectivity index (χ2n) is 7.06. The van der Waals surface area contributed by atoms with E-state index in [-0.39, 0.29) is 6.42 Å². The number of rotatable bonds is 8. The zero-order valence-electron chi connectivity index (χ0n) is 18.2. The summed E-state index contributed by atoms with van der Waals surface area (Å²) in [6.45, 7) is 10.1. The van der Waals surface area contributed by atoms with Crippen molar-refractivity contribution < 1.29 is 39.9 Å². The summed E-state index contributed by atoms with van der Waals surface area (Å²) in [7, 11) is 0. The standard InChI is InChI=1S/C25H20F8O/c1-5-8-13(6-2)10-9-12(4)34-25-23(32)21(30)17(22(31)24(25)33)16-19(28)15(26)11-14(7-3)18(27)20(16)29/h6,8-11,14H,2,4-5,7H2,1,3H3/b10-9-,13-8-. The fraction of sp³-hybridized carbons (Fsp3) is 0.200. The van der Waals surface area contributed by atoms with Crippen LogP contribution in [-0.4, -0.2) is 0 Å². The van der Waals surface area contributed by atoms with Crippen LogP contribution in [0.25, 0.3) is 5.57 Å². The van der Waals surface area contributed by atoms with Gasteiger partial charge in [0.25, 0.3) is 0 Å². The number of allylic oxidation sites excluding steroid dienone is 11. The van der Waals surface area contributed by atoms with Crippen molar-refractivity contribution in [1.29, 1.82) is 0 Å². The maximum absolute atomic E-state index is 14.7. The van der Waals surface area contributed by atoms with E-state index in [4.69, 9.17) is 4.74 Å². The third-order valence-corrected chi connectivity index (χ3v) is 4.81. The number of hydrogen-bond donors (Lipinski definition) is 0. The fourth-order valence-electron chi connectivity index (χ4n) is 3.07. The molecule has 0 saturated heterocycles. The molecule has 0 saturated carbocycles. The van der Waals surface area contributed by atoms with Crippen molar-refractivity contribution in [1.82, 2.24) is 0 Å². The first-order chi connectivity index (χ1) is 16.0. The molecule has 1 aromatic carbocycles. The quantitative estimate of drug-likeness (QED) is 0.154. The molecule has 1 atom stereocenters. The van der Waals surface area contributed by atoms with Gasteiger partial charge in [0.1, 0.15) is 11.6 Å². The van der Waals surface area contributed by atoms with Gasteiger partial charge in [-0.3, -0.25) is 0 Å². The van der Waals surface area contributed by atoms with Crippen LogP contribution in [0.4, 0.5) is 35.1 Å². The van der Waals surface area contributed by atoms with Crippen molar-refractivity contribution in [2.75, 3.05) is 0 Å². The van der Waals surface area contributed by atoms with Crippen LogP contribution in [0.1, 0.15) is 32.3 Å². The highest BCUT2D eigenvalue weighted by molar-refractivity contribution is 5.83. The summed E-state index contributed by atoms with van der Waals surface area (Å²) in [5, 5.41) is 0. The van der Waals surface area contributed by atoms with Gasteiger partial charge >= 0.3 is 0 Å². The monoisotopic (exact) mass is 488 g/mol. The molecule has 0 aromatic heterocycles. The SMILES string of the molecule is C=CC(/C=C\C(=C)Oc1c(F)c(F)c(C2=C(F)C(F)=CC(CC)C(F)=C2F)c(F)c1F)=C/CC. The number of ether oxygens (including phenoxy) is 1. The Morgan fingerprint density at radius 1 is 0.912 bits per heavy atom. The van der Waals surface area contributed by atoms with Gasteiger partial charge in [-0.15, -0.1) is 0 Å². The molecular weight excluding hydrogens is 468 g/mol. The van der Waals surface area contributed by atoms with Crippen molar-refractivity contribution in [3.8, 4) is 5.75 Å². The van der Waals surface area contributed by atoms with E-state index in [0.29, 0.717) is 18.1 Å². The average molecular weight is 488 g/mol. The maximum atomic E-state index is 14.7. The van der Waals surface area contributed by atoms with Gasteiger partial charge in [0, 0.05) is 5.92 Å². The summed E-state index contributed by atoms with van der Waals surface area (Å²) in [4.78, 5) is 0. The third kappa shape index (κ3) is 5.24. The molecule has 1 aliphatic carbocycles. The molecule has 0 amide bonds. The lowest BCUT2D eigenvalue weighted by molar-refractivity contribution is 0.348. The Hall–Kier alpha value is -3.36. The summed E-state index contributed by atoms with van der Waals surface area (Å²) in [6, 6.07) is 0. The van der Waals surface area contributed by atoms with E-state index in [9.17, 15) is 35.1 Å². The van der Waals surface area contributed by atoms with Crippen LogP contribution in [-0.2, 0) is 0 Å². The van der Waals surface area contributed by atoms with E-state index in [1.54, 1.807) is 6.08 Å². The molecule has 1 nitrogen and oxygen atoms in total. The highest BCUT2D eigenvalue weighted by atomic mass is 19.2. The Morgan fingerprint density at radius 3 is 2.00 bits per heavy atom. The van der Waals surface area contributed by atoms with Gasteiger partial charge in [-0.25, -0.2) is 26.3 Å². The zero-order chi connectivity index (χ0) is 25.7.